The highest BCUT2D eigenvalue weighted by molar-refractivity contribution is 5.97. The molecule has 2 rings (SSSR count). The number of hydrogen-bond acceptors (Lipinski definition) is 5. The van der Waals surface area contributed by atoms with E-state index in [1.807, 2.05) is 0 Å². The van der Waals surface area contributed by atoms with Crippen molar-refractivity contribution in [3.63, 3.8) is 0 Å². The van der Waals surface area contributed by atoms with Gasteiger partial charge >= 0.3 is 6.09 Å². The van der Waals surface area contributed by atoms with Crippen LogP contribution in [-0.4, -0.2) is 47.4 Å². The Kier molecular flexibility index (Phi) is 3.22. The van der Waals surface area contributed by atoms with E-state index in [2.05, 4.69) is 9.89 Å². The first kappa shape index (κ1) is 12.4. The van der Waals surface area contributed by atoms with Gasteiger partial charge in [0.05, 0.1) is 12.8 Å². The molecule has 0 unspecified atom stereocenters. The summed E-state index contributed by atoms with van der Waals surface area (Å²) in [6, 6.07) is 0. The molecule has 7 heteroatoms. The van der Waals surface area contributed by atoms with Gasteiger partial charge < -0.3 is 9.26 Å². The van der Waals surface area contributed by atoms with Crippen LogP contribution < -0.4 is 0 Å². The Morgan fingerprint density at radius 3 is 2.50 bits per heavy atom. The zero-order valence-electron chi connectivity index (χ0n) is 10.6. The van der Waals surface area contributed by atoms with E-state index >= 15 is 0 Å². The largest absolute Gasteiger partial charge is 0.452 e. The van der Waals surface area contributed by atoms with Gasteiger partial charge in [-0.2, -0.15) is 0 Å². The number of nitrogens with zero attached hydrogens (tertiary/aromatic N) is 3. The third kappa shape index (κ3) is 1.92. The highest BCUT2D eigenvalue weighted by Gasteiger charge is 2.34. The third-order valence-electron chi connectivity index (χ3n) is 2.90. The molecule has 1 fully saturated rings. The first-order valence-corrected chi connectivity index (χ1v) is 5.66. The van der Waals surface area contributed by atoms with Crippen LogP contribution in [0.15, 0.2) is 4.52 Å². The second kappa shape index (κ2) is 4.67. The van der Waals surface area contributed by atoms with Gasteiger partial charge in [-0.15, -0.1) is 0 Å². The minimum absolute atomic E-state index is 0.283. The molecule has 0 N–H and O–H groups in total. The number of hydrazine groups is 1. The zero-order chi connectivity index (χ0) is 13.3. The van der Waals surface area contributed by atoms with E-state index in [-0.39, 0.29) is 5.91 Å². The molecule has 1 saturated heterocycles. The number of methoxy groups -OCH3 is 1. The van der Waals surface area contributed by atoms with Crippen LogP contribution in [0.25, 0.3) is 0 Å². The minimum Gasteiger partial charge on any atom is -0.452 e. The predicted octanol–water partition coefficient (Wildman–Crippen LogP) is 1.12. The van der Waals surface area contributed by atoms with Crippen LogP contribution in [0, 0.1) is 13.8 Å². The second-order valence-electron chi connectivity index (χ2n) is 4.07. The number of rotatable bonds is 1. The molecule has 1 aliphatic rings. The number of aromatic nitrogens is 1. The SMILES string of the molecule is COC(=O)N1CCCN1C(=O)c1c(C)noc1C. The van der Waals surface area contributed by atoms with Crippen molar-refractivity contribution in [2.75, 3.05) is 20.2 Å². The van der Waals surface area contributed by atoms with E-state index < -0.39 is 6.09 Å². The first-order chi connectivity index (χ1) is 8.56. The van der Waals surface area contributed by atoms with Crippen molar-refractivity contribution in [3.8, 4) is 0 Å². The molecular weight excluding hydrogens is 238 g/mol. The van der Waals surface area contributed by atoms with Gasteiger partial charge in [0.25, 0.3) is 5.91 Å². The molecule has 0 atom stereocenters. The van der Waals surface area contributed by atoms with E-state index in [4.69, 9.17) is 4.52 Å². The lowest BCUT2D eigenvalue weighted by molar-refractivity contribution is 0.0191. The number of carbonyl (C=O) groups is 2. The molecule has 7 nitrogen and oxygen atoms in total. The number of ether oxygens (including phenoxy) is 1. The van der Waals surface area contributed by atoms with Crippen LogP contribution >= 0.6 is 0 Å². The van der Waals surface area contributed by atoms with Crippen LogP contribution in [0.5, 0.6) is 0 Å². The van der Waals surface area contributed by atoms with Gasteiger partial charge in [0, 0.05) is 13.1 Å². The summed E-state index contributed by atoms with van der Waals surface area (Å²) >= 11 is 0. The summed E-state index contributed by atoms with van der Waals surface area (Å²) < 4.78 is 9.61. The molecule has 0 spiro atoms. The summed E-state index contributed by atoms with van der Waals surface area (Å²) in [5.41, 5.74) is 0.931. The maximum absolute atomic E-state index is 12.4. The Labute approximate surface area is 104 Å². The smallest absolute Gasteiger partial charge is 0.428 e. The molecule has 0 aromatic carbocycles. The molecular formula is C11H15N3O4. The molecule has 1 aliphatic heterocycles. The van der Waals surface area contributed by atoms with Crippen molar-refractivity contribution in [1.29, 1.82) is 0 Å². The van der Waals surface area contributed by atoms with Gasteiger partial charge in [0.2, 0.25) is 0 Å². The molecule has 2 amide bonds. The van der Waals surface area contributed by atoms with E-state index in [1.165, 1.54) is 17.1 Å². The maximum Gasteiger partial charge on any atom is 0.428 e. The van der Waals surface area contributed by atoms with Crippen molar-refractivity contribution >= 4 is 12.0 Å². The van der Waals surface area contributed by atoms with Crippen LogP contribution in [0.4, 0.5) is 4.79 Å². The van der Waals surface area contributed by atoms with E-state index in [9.17, 15) is 9.59 Å². The van der Waals surface area contributed by atoms with Crippen LogP contribution in [0.3, 0.4) is 0 Å². The standard InChI is InChI=1S/C11H15N3O4/c1-7-9(8(2)18-12-7)10(15)13-5-4-6-14(13)11(16)17-3/h4-6H2,1-3H3. The maximum atomic E-state index is 12.4. The van der Waals surface area contributed by atoms with Gasteiger partial charge in [0.1, 0.15) is 11.3 Å². The van der Waals surface area contributed by atoms with Gasteiger partial charge in [-0.05, 0) is 20.3 Å². The van der Waals surface area contributed by atoms with Gasteiger partial charge in [-0.25, -0.2) is 14.8 Å². The van der Waals surface area contributed by atoms with Crippen LogP contribution in [0.2, 0.25) is 0 Å². The normalized spacial score (nSPS) is 15.1. The van der Waals surface area contributed by atoms with Crippen molar-refractivity contribution in [1.82, 2.24) is 15.2 Å². The Morgan fingerprint density at radius 1 is 1.28 bits per heavy atom. The van der Waals surface area contributed by atoms with Crippen LogP contribution in [0.1, 0.15) is 28.2 Å². The summed E-state index contributed by atoms with van der Waals surface area (Å²) in [6.45, 7) is 4.33. The fraction of sp³-hybridized carbons (Fsp3) is 0.545. The number of aryl methyl sites for hydroxylation is 2. The summed E-state index contributed by atoms with van der Waals surface area (Å²) in [4.78, 5) is 23.9. The lowest BCUT2D eigenvalue weighted by Gasteiger charge is -2.26. The van der Waals surface area contributed by atoms with Gasteiger partial charge in [-0.1, -0.05) is 5.16 Å². The molecule has 1 aromatic heterocycles. The zero-order valence-corrected chi connectivity index (χ0v) is 10.6. The van der Waals surface area contributed by atoms with E-state index in [0.29, 0.717) is 30.1 Å². The van der Waals surface area contributed by atoms with Crippen molar-refractivity contribution in [2.45, 2.75) is 20.3 Å². The van der Waals surface area contributed by atoms with Crippen molar-refractivity contribution in [2.24, 2.45) is 0 Å². The lowest BCUT2D eigenvalue weighted by Crippen LogP contribution is -2.45. The summed E-state index contributed by atoms with van der Waals surface area (Å²) in [7, 11) is 1.29. The first-order valence-electron chi connectivity index (χ1n) is 5.66. The Hall–Kier alpha value is -2.05. The molecule has 0 bridgehead atoms. The lowest BCUT2D eigenvalue weighted by atomic mass is 10.2. The monoisotopic (exact) mass is 253 g/mol. The molecule has 0 aliphatic carbocycles. The number of amides is 2. The predicted molar refractivity (Wildman–Crippen MR) is 60.7 cm³/mol. The van der Waals surface area contributed by atoms with Crippen molar-refractivity contribution < 1.29 is 18.8 Å². The molecule has 0 radical (unpaired) electrons. The van der Waals surface area contributed by atoms with Crippen LogP contribution in [-0.2, 0) is 4.74 Å². The van der Waals surface area contributed by atoms with Gasteiger partial charge in [-0.3, -0.25) is 4.79 Å². The molecule has 18 heavy (non-hydrogen) atoms. The molecule has 2 heterocycles. The second-order valence-corrected chi connectivity index (χ2v) is 4.07. The molecule has 0 saturated carbocycles. The molecule has 1 aromatic rings. The Bertz CT molecular complexity index is 463. The highest BCUT2D eigenvalue weighted by Crippen LogP contribution is 2.20. The quantitative estimate of drug-likeness (QED) is 0.749. The minimum atomic E-state index is -0.535. The Balaban J connectivity index is 2.26. The van der Waals surface area contributed by atoms with Gasteiger partial charge in [0.15, 0.2) is 0 Å². The number of carbonyl (C=O) groups excluding carboxylic acids is 2. The van der Waals surface area contributed by atoms with E-state index in [0.717, 1.165) is 6.42 Å². The topological polar surface area (TPSA) is 75.9 Å². The average molecular weight is 253 g/mol. The summed E-state index contributed by atoms with van der Waals surface area (Å²) in [5.74, 6) is 0.170. The number of hydrogen-bond donors (Lipinski definition) is 0. The van der Waals surface area contributed by atoms with Crippen molar-refractivity contribution in [3.05, 3.63) is 17.0 Å². The third-order valence-corrected chi connectivity index (χ3v) is 2.90. The summed E-state index contributed by atoms with van der Waals surface area (Å²) in [6.07, 6.45) is 0.192. The highest BCUT2D eigenvalue weighted by atomic mass is 16.5. The fourth-order valence-electron chi connectivity index (χ4n) is 2.04. The average Bonchev–Trinajstić information content (AvgIpc) is 2.95. The Morgan fingerprint density at radius 2 is 1.94 bits per heavy atom. The molecule has 98 valence electrons. The summed E-state index contributed by atoms with van der Waals surface area (Å²) in [5, 5.41) is 6.41. The van der Waals surface area contributed by atoms with E-state index in [1.54, 1.807) is 13.8 Å². The fourth-order valence-corrected chi connectivity index (χ4v) is 2.04.